The van der Waals surface area contributed by atoms with Gasteiger partial charge in [-0.2, -0.15) is 0 Å². The van der Waals surface area contributed by atoms with E-state index in [0.29, 0.717) is 16.9 Å². The third kappa shape index (κ3) is 1.69. The van der Waals surface area contributed by atoms with Crippen LogP contribution in [0, 0.1) is 0 Å². The monoisotopic (exact) mass is 270 g/mol. The lowest BCUT2D eigenvalue weighted by molar-refractivity contribution is 0.335. The van der Waals surface area contributed by atoms with Crippen LogP contribution in [0.2, 0.25) is 0 Å². The van der Waals surface area contributed by atoms with Crippen LogP contribution in [-0.4, -0.2) is 24.4 Å². The number of aromatic hydroxyl groups is 2. The van der Waals surface area contributed by atoms with Crippen LogP contribution in [0.1, 0.15) is 0 Å². The molecular formula is C16H14O4. The highest BCUT2D eigenvalue weighted by Crippen LogP contribution is 2.45. The van der Waals surface area contributed by atoms with Gasteiger partial charge in [-0.25, -0.2) is 0 Å². The van der Waals surface area contributed by atoms with Crippen molar-refractivity contribution < 1.29 is 19.7 Å². The van der Waals surface area contributed by atoms with Crippen molar-refractivity contribution in [1.29, 1.82) is 0 Å². The second kappa shape index (κ2) is 4.49. The molecule has 0 fully saturated rings. The molecule has 0 radical (unpaired) electrons. The first-order valence-corrected chi connectivity index (χ1v) is 6.15. The molecule has 0 atom stereocenters. The maximum atomic E-state index is 10.5. The molecule has 0 bridgehead atoms. The lowest BCUT2D eigenvalue weighted by Gasteiger charge is -2.13. The van der Waals surface area contributed by atoms with Gasteiger partial charge in [-0.05, 0) is 40.4 Å². The number of hydrogen-bond acceptors (Lipinski definition) is 4. The molecule has 2 N–H and O–H groups in total. The zero-order valence-electron chi connectivity index (χ0n) is 11.2. The fourth-order valence-electron chi connectivity index (χ4n) is 2.50. The van der Waals surface area contributed by atoms with Gasteiger partial charge in [-0.15, -0.1) is 0 Å². The molecule has 0 heterocycles. The quantitative estimate of drug-likeness (QED) is 0.700. The van der Waals surface area contributed by atoms with E-state index in [9.17, 15) is 10.2 Å². The summed E-state index contributed by atoms with van der Waals surface area (Å²) in [5.74, 6) is 1.02. The molecule has 0 spiro atoms. The van der Waals surface area contributed by atoms with Crippen LogP contribution in [0.3, 0.4) is 0 Å². The van der Waals surface area contributed by atoms with E-state index in [-0.39, 0.29) is 11.5 Å². The Morgan fingerprint density at radius 1 is 0.850 bits per heavy atom. The topological polar surface area (TPSA) is 58.9 Å². The zero-order valence-corrected chi connectivity index (χ0v) is 11.2. The number of fused-ring (bicyclic) bond motifs is 3. The Morgan fingerprint density at radius 2 is 1.60 bits per heavy atom. The summed E-state index contributed by atoms with van der Waals surface area (Å²) in [7, 11) is 3.02. The third-order valence-corrected chi connectivity index (χ3v) is 3.42. The highest BCUT2D eigenvalue weighted by molar-refractivity contribution is 6.12. The smallest absolute Gasteiger partial charge is 0.203 e. The summed E-state index contributed by atoms with van der Waals surface area (Å²) in [6, 6.07) is 10.6. The lowest BCUT2D eigenvalue weighted by Crippen LogP contribution is -1.92. The van der Waals surface area contributed by atoms with E-state index in [1.165, 1.54) is 14.2 Å². The van der Waals surface area contributed by atoms with Crippen molar-refractivity contribution in [3.8, 4) is 23.0 Å². The largest absolute Gasteiger partial charge is 0.508 e. The highest BCUT2D eigenvalue weighted by atomic mass is 16.5. The average Bonchev–Trinajstić information content (AvgIpc) is 2.46. The normalized spacial score (nSPS) is 10.9. The van der Waals surface area contributed by atoms with E-state index in [1.54, 1.807) is 18.2 Å². The highest BCUT2D eigenvalue weighted by Gasteiger charge is 2.16. The fraction of sp³-hybridized carbons (Fsp3) is 0.125. The van der Waals surface area contributed by atoms with Crippen molar-refractivity contribution in [2.45, 2.75) is 0 Å². The summed E-state index contributed by atoms with van der Waals surface area (Å²) in [6.45, 7) is 0. The molecule has 0 saturated carbocycles. The van der Waals surface area contributed by atoms with Crippen molar-refractivity contribution in [2.24, 2.45) is 0 Å². The SMILES string of the molecule is COc1cc2ccc3cc(O)ccc3c2c(O)c1OC. The number of methoxy groups -OCH3 is 2. The fourth-order valence-corrected chi connectivity index (χ4v) is 2.50. The maximum absolute atomic E-state index is 10.5. The molecule has 0 unspecified atom stereocenters. The van der Waals surface area contributed by atoms with E-state index in [0.717, 1.165) is 16.2 Å². The van der Waals surface area contributed by atoms with Gasteiger partial charge in [-0.3, -0.25) is 0 Å². The minimum absolute atomic E-state index is 0.0399. The Labute approximate surface area is 115 Å². The van der Waals surface area contributed by atoms with Crippen LogP contribution < -0.4 is 9.47 Å². The molecule has 3 aromatic carbocycles. The zero-order chi connectivity index (χ0) is 14.3. The Hall–Kier alpha value is -2.62. The molecule has 0 amide bonds. The molecule has 20 heavy (non-hydrogen) atoms. The first kappa shape index (κ1) is 12.4. The van der Waals surface area contributed by atoms with Gasteiger partial charge in [-0.1, -0.05) is 12.1 Å². The van der Waals surface area contributed by atoms with E-state index < -0.39 is 0 Å². The van der Waals surface area contributed by atoms with Gasteiger partial charge in [0.05, 0.1) is 14.2 Å². The molecule has 3 aromatic rings. The molecule has 102 valence electrons. The standard InChI is InChI=1S/C16H14O4/c1-19-13-8-10-4-3-9-7-11(17)5-6-12(9)14(10)15(18)16(13)20-2/h3-8,17-18H,1-2H3. The van der Waals surface area contributed by atoms with E-state index in [2.05, 4.69) is 0 Å². The predicted molar refractivity (Wildman–Crippen MR) is 77.9 cm³/mol. The van der Waals surface area contributed by atoms with Crippen LogP contribution in [0.5, 0.6) is 23.0 Å². The average molecular weight is 270 g/mol. The molecule has 3 rings (SSSR count). The van der Waals surface area contributed by atoms with Crippen molar-refractivity contribution in [3.05, 3.63) is 36.4 Å². The number of rotatable bonds is 2. The van der Waals surface area contributed by atoms with Crippen LogP contribution in [0.15, 0.2) is 36.4 Å². The summed E-state index contributed by atoms with van der Waals surface area (Å²) in [5, 5.41) is 23.2. The van der Waals surface area contributed by atoms with Crippen LogP contribution in [0.25, 0.3) is 21.5 Å². The second-order valence-corrected chi connectivity index (χ2v) is 4.53. The van der Waals surface area contributed by atoms with Gasteiger partial charge >= 0.3 is 0 Å². The van der Waals surface area contributed by atoms with E-state index in [4.69, 9.17) is 9.47 Å². The van der Waals surface area contributed by atoms with Gasteiger partial charge in [0.15, 0.2) is 11.5 Å². The molecule has 0 aliphatic heterocycles. The Kier molecular flexibility index (Phi) is 2.79. The molecule has 4 nitrogen and oxygen atoms in total. The minimum Gasteiger partial charge on any atom is -0.508 e. The first-order valence-electron chi connectivity index (χ1n) is 6.15. The molecule has 4 heteroatoms. The number of phenols is 2. The van der Waals surface area contributed by atoms with Crippen LogP contribution in [0.4, 0.5) is 0 Å². The Bertz CT molecular complexity index is 809. The maximum Gasteiger partial charge on any atom is 0.203 e. The van der Waals surface area contributed by atoms with Gasteiger partial charge in [0.2, 0.25) is 5.75 Å². The summed E-state index contributed by atoms with van der Waals surface area (Å²) in [5.41, 5.74) is 0. The van der Waals surface area contributed by atoms with Gasteiger partial charge in [0, 0.05) is 5.39 Å². The molecule has 0 saturated heterocycles. The van der Waals surface area contributed by atoms with Gasteiger partial charge in [0.25, 0.3) is 0 Å². The summed E-state index contributed by atoms with van der Waals surface area (Å²) in [6.07, 6.45) is 0. The molecule has 0 aliphatic carbocycles. The second-order valence-electron chi connectivity index (χ2n) is 4.53. The molecule has 0 aromatic heterocycles. The number of benzene rings is 3. The third-order valence-electron chi connectivity index (χ3n) is 3.42. The summed E-state index contributed by atoms with van der Waals surface area (Å²) >= 11 is 0. The van der Waals surface area contributed by atoms with E-state index in [1.807, 2.05) is 18.2 Å². The number of hydrogen-bond donors (Lipinski definition) is 2. The van der Waals surface area contributed by atoms with Crippen molar-refractivity contribution >= 4 is 21.5 Å². The van der Waals surface area contributed by atoms with Crippen LogP contribution in [-0.2, 0) is 0 Å². The van der Waals surface area contributed by atoms with Crippen molar-refractivity contribution in [3.63, 3.8) is 0 Å². The van der Waals surface area contributed by atoms with Crippen molar-refractivity contribution in [1.82, 2.24) is 0 Å². The van der Waals surface area contributed by atoms with Crippen LogP contribution >= 0.6 is 0 Å². The first-order chi connectivity index (χ1) is 9.65. The van der Waals surface area contributed by atoms with Crippen molar-refractivity contribution in [2.75, 3.05) is 14.2 Å². The molecule has 0 aliphatic rings. The van der Waals surface area contributed by atoms with E-state index >= 15 is 0 Å². The Morgan fingerprint density at radius 3 is 2.30 bits per heavy atom. The molecular weight excluding hydrogens is 256 g/mol. The number of ether oxygens (including phenoxy) is 2. The Balaban J connectivity index is 2.49. The minimum atomic E-state index is 0.0399. The van der Waals surface area contributed by atoms with Gasteiger partial charge in [0.1, 0.15) is 5.75 Å². The van der Waals surface area contributed by atoms with Gasteiger partial charge < -0.3 is 19.7 Å². The summed E-state index contributed by atoms with van der Waals surface area (Å²) in [4.78, 5) is 0. The predicted octanol–water partition coefficient (Wildman–Crippen LogP) is 3.42. The number of phenolic OH excluding ortho intramolecular Hbond substituents is 2. The lowest BCUT2D eigenvalue weighted by atomic mass is 10.00. The summed E-state index contributed by atoms with van der Waals surface area (Å²) < 4.78 is 10.5.